The number of alkyl halides is 3. The van der Waals surface area contributed by atoms with Crippen LogP contribution in [0.3, 0.4) is 0 Å². The summed E-state index contributed by atoms with van der Waals surface area (Å²) in [6.07, 6.45) is -4.88. The van der Waals surface area contributed by atoms with Crippen LogP contribution in [-0.2, 0) is 12.8 Å². The third-order valence-electron chi connectivity index (χ3n) is 4.34. The highest BCUT2D eigenvalue weighted by Crippen LogP contribution is 2.36. The number of hydrogen-bond donors (Lipinski definition) is 2. The van der Waals surface area contributed by atoms with Gasteiger partial charge in [0.2, 0.25) is 0 Å². The lowest BCUT2D eigenvalue weighted by atomic mass is 10.0. The van der Waals surface area contributed by atoms with E-state index in [1.54, 1.807) is 11.1 Å². The average molecular weight is 433 g/mol. The lowest BCUT2D eigenvalue weighted by molar-refractivity contribution is -0.385. The van der Waals surface area contributed by atoms with Crippen LogP contribution in [-0.4, -0.2) is 15.8 Å². The number of nitrogens with zero attached hydrogens (tertiary/aromatic N) is 1. The number of pyridine rings is 1. The molecule has 3 rings (SSSR count). The van der Waals surface area contributed by atoms with E-state index in [2.05, 4.69) is 0 Å². The van der Waals surface area contributed by atoms with Crippen molar-refractivity contribution in [2.24, 2.45) is 5.73 Å². The highest BCUT2D eigenvalue weighted by molar-refractivity contribution is 5.94. The number of para-hydroxylation sites is 1. The van der Waals surface area contributed by atoms with Crippen molar-refractivity contribution < 1.29 is 27.6 Å². The van der Waals surface area contributed by atoms with Gasteiger partial charge in [-0.2, -0.15) is 13.2 Å². The summed E-state index contributed by atoms with van der Waals surface area (Å²) in [5.74, 6) is -0.921. The molecular weight excluding hydrogens is 419 g/mol. The van der Waals surface area contributed by atoms with Crippen molar-refractivity contribution in [3.63, 3.8) is 0 Å². The summed E-state index contributed by atoms with van der Waals surface area (Å²) >= 11 is 0. The highest BCUT2D eigenvalue weighted by Gasteiger charge is 2.36. The molecule has 2 aromatic carbocycles. The Bertz CT molecular complexity index is 1200. The Labute approximate surface area is 172 Å². The first-order valence-corrected chi connectivity index (χ1v) is 8.68. The molecule has 0 radical (unpaired) electrons. The van der Waals surface area contributed by atoms with Crippen molar-refractivity contribution in [3.8, 4) is 16.9 Å². The molecule has 3 N–H and O–H groups in total. The number of nitrogens with one attached hydrogen (secondary N) is 1. The van der Waals surface area contributed by atoms with E-state index in [-0.39, 0.29) is 23.6 Å². The lowest BCUT2D eigenvalue weighted by Crippen LogP contribution is -2.27. The number of nitro benzene ring substituents is 1. The van der Waals surface area contributed by atoms with E-state index in [0.717, 1.165) is 6.07 Å². The summed E-state index contributed by atoms with van der Waals surface area (Å²) in [5, 5.41) is 11.0. The van der Waals surface area contributed by atoms with Gasteiger partial charge in [-0.05, 0) is 29.8 Å². The number of primary amides is 1. The van der Waals surface area contributed by atoms with E-state index < -0.39 is 39.4 Å². The first kappa shape index (κ1) is 21.6. The molecule has 1 aromatic heterocycles. The number of ether oxygens (including phenoxy) is 1. The second kappa shape index (κ2) is 8.30. The molecule has 0 bridgehead atoms. The molecule has 0 saturated heterocycles. The standard InChI is InChI=1S/C20H14F3N3O5/c21-20(22,23)17-14(9-15(18(24)27)19(28)25-17)11-5-7-13(8-6-11)31-10-12-3-1-2-4-16(12)26(29)30/h1-9H,10H2,(H2,24,27)(H,25,28). The topological polar surface area (TPSA) is 128 Å². The molecule has 1 heterocycles. The predicted molar refractivity (Wildman–Crippen MR) is 103 cm³/mol. The van der Waals surface area contributed by atoms with Gasteiger partial charge in [-0.15, -0.1) is 0 Å². The summed E-state index contributed by atoms with van der Waals surface area (Å²) in [4.78, 5) is 35.3. The van der Waals surface area contributed by atoms with Crippen molar-refractivity contribution in [1.82, 2.24) is 4.98 Å². The molecule has 0 aliphatic rings. The minimum absolute atomic E-state index is 0.0455. The second-order valence-electron chi connectivity index (χ2n) is 6.36. The van der Waals surface area contributed by atoms with Crippen LogP contribution in [0.1, 0.15) is 21.6 Å². The van der Waals surface area contributed by atoms with Crippen molar-refractivity contribution >= 4 is 11.6 Å². The Hall–Kier alpha value is -4.15. The Morgan fingerprint density at radius 1 is 1.13 bits per heavy atom. The van der Waals surface area contributed by atoms with Gasteiger partial charge in [-0.25, -0.2) is 0 Å². The number of nitrogens with two attached hydrogens (primary N) is 1. The number of carbonyl (C=O) groups excluding carboxylic acids is 1. The van der Waals surface area contributed by atoms with Crippen LogP contribution in [0.2, 0.25) is 0 Å². The van der Waals surface area contributed by atoms with E-state index in [0.29, 0.717) is 5.56 Å². The lowest BCUT2D eigenvalue weighted by Gasteiger charge is -2.14. The molecule has 3 aromatic rings. The molecular formula is C20H14F3N3O5. The van der Waals surface area contributed by atoms with E-state index in [1.807, 2.05) is 0 Å². The van der Waals surface area contributed by atoms with E-state index in [1.165, 1.54) is 42.5 Å². The molecule has 0 unspecified atom stereocenters. The van der Waals surface area contributed by atoms with Gasteiger partial charge in [0, 0.05) is 11.6 Å². The van der Waals surface area contributed by atoms with Gasteiger partial charge in [0.15, 0.2) is 0 Å². The fourth-order valence-electron chi connectivity index (χ4n) is 2.87. The molecule has 1 amide bonds. The second-order valence-corrected chi connectivity index (χ2v) is 6.36. The van der Waals surface area contributed by atoms with Crippen molar-refractivity contribution in [3.05, 3.63) is 91.9 Å². The molecule has 0 aliphatic heterocycles. The van der Waals surface area contributed by atoms with Crippen LogP contribution in [0.4, 0.5) is 18.9 Å². The maximum atomic E-state index is 13.4. The number of carbonyl (C=O) groups is 1. The molecule has 160 valence electrons. The number of H-pyrrole nitrogens is 1. The van der Waals surface area contributed by atoms with Crippen molar-refractivity contribution in [2.45, 2.75) is 12.8 Å². The largest absolute Gasteiger partial charge is 0.489 e. The van der Waals surface area contributed by atoms with Gasteiger partial charge in [0.1, 0.15) is 23.6 Å². The Morgan fingerprint density at radius 3 is 2.35 bits per heavy atom. The summed E-state index contributed by atoms with van der Waals surface area (Å²) < 4.78 is 45.6. The first-order chi connectivity index (χ1) is 14.6. The van der Waals surface area contributed by atoms with Gasteiger partial charge < -0.3 is 15.5 Å². The van der Waals surface area contributed by atoms with Crippen LogP contribution in [0, 0.1) is 10.1 Å². The van der Waals surface area contributed by atoms with Crippen LogP contribution in [0.25, 0.3) is 11.1 Å². The zero-order chi connectivity index (χ0) is 22.8. The normalized spacial score (nSPS) is 11.2. The van der Waals surface area contributed by atoms with Gasteiger partial charge in [0.05, 0.1) is 10.5 Å². The Kier molecular flexibility index (Phi) is 5.77. The van der Waals surface area contributed by atoms with Crippen molar-refractivity contribution in [1.29, 1.82) is 0 Å². The highest BCUT2D eigenvalue weighted by atomic mass is 19.4. The van der Waals surface area contributed by atoms with Crippen LogP contribution in [0.5, 0.6) is 5.75 Å². The summed E-state index contributed by atoms with van der Waals surface area (Å²) in [7, 11) is 0. The molecule has 31 heavy (non-hydrogen) atoms. The minimum Gasteiger partial charge on any atom is -0.489 e. The molecule has 0 atom stereocenters. The van der Waals surface area contributed by atoms with Gasteiger partial charge in [-0.3, -0.25) is 19.7 Å². The molecule has 0 aliphatic carbocycles. The Balaban J connectivity index is 1.91. The summed E-state index contributed by atoms with van der Waals surface area (Å²) in [6.45, 7) is -0.130. The molecule has 11 heteroatoms. The number of rotatable bonds is 6. The van der Waals surface area contributed by atoms with Crippen LogP contribution >= 0.6 is 0 Å². The quantitative estimate of drug-likeness (QED) is 0.453. The van der Waals surface area contributed by atoms with Gasteiger partial charge >= 0.3 is 6.18 Å². The fraction of sp³-hybridized carbons (Fsp3) is 0.100. The van der Waals surface area contributed by atoms with Crippen LogP contribution in [0.15, 0.2) is 59.4 Å². The third kappa shape index (κ3) is 4.71. The van der Waals surface area contributed by atoms with E-state index >= 15 is 0 Å². The fourth-order valence-corrected chi connectivity index (χ4v) is 2.87. The zero-order valence-electron chi connectivity index (χ0n) is 15.6. The number of nitro groups is 1. The van der Waals surface area contributed by atoms with E-state index in [9.17, 15) is 32.9 Å². The molecule has 0 saturated carbocycles. The number of benzene rings is 2. The first-order valence-electron chi connectivity index (χ1n) is 8.68. The molecule has 8 nitrogen and oxygen atoms in total. The van der Waals surface area contributed by atoms with Crippen LogP contribution < -0.4 is 16.0 Å². The average Bonchev–Trinajstić information content (AvgIpc) is 2.71. The van der Waals surface area contributed by atoms with Crippen molar-refractivity contribution in [2.75, 3.05) is 0 Å². The number of aromatic amines is 1. The number of halogens is 3. The summed E-state index contributed by atoms with van der Waals surface area (Å²) in [5.41, 5.74) is 1.69. The Morgan fingerprint density at radius 2 is 1.77 bits per heavy atom. The van der Waals surface area contributed by atoms with E-state index in [4.69, 9.17) is 10.5 Å². The monoisotopic (exact) mass is 433 g/mol. The number of hydrogen-bond acceptors (Lipinski definition) is 5. The third-order valence-corrected chi connectivity index (χ3v) is 4.34. The predicted octanol–water partition coefficient (Wildman–Crippen LogP) is 3.65. The smallest absolute Gasteiger partial charge is 0.431 e. The van der Waals surface area contributed by atoms with Gasteiger partial charge in [-0.1, -0.05) is 24.3 Å². The maximum absolute atomic E-state index is 13.4. The number of amides is 1. The maximum Gasteiger partial charge on any atom is 0.431 e. The molecule has 0 fully saturated rings. The SMILES string of the molecule is NC(=O)c1cc(-c2ccc(OCc3ccccc3[N+](=O)[O-])cc2)c(C(F)(F)F)[nH]c1=O. The molecule has 0 spiro atoms. The minimum atomic E-state index is -4.88. The zero-order valence-corrected chi connectivity index (χ0v) is 15.6. The summed E-state index contributed by atoms with van der Waals surface area (Å²) in [6, 6.07) is 12.1. The van der Waals surface area contributed by atoms with Gasteiger partial charge in [0.25, 0.3) is 17.2 Å². The number of aromatic nitrogens is 1.